The molecular weight excluding hydrogens is 370 g/mol. The van der Waals surface area contributed by atoms with E-state index in [0.717, 1.165) is 11.2 Å². The first-order valence-corrected chi connectivity index (χ1v) is 9.38. The second-order valence-corrected chi connectivity index (χ2v) is 6.91. The van der Waals surface area contributed by atoms with Crippen LogP contribution in [0.5, 0.6) is 0 Å². The van der Waals surface area contributed by atoms with Crippen LogP contribution in [0.25, 0.3) is 0 Å². The molecule has 1 atom stereocenters. The monoisotopic (exact) mass is 389 g/mol. The molecule has 1 aromatic carbocycles. The van der Waals surface area contributed by atoms with Crippen LogP contribution in [-0.2, 0) is 28.6 Å². The van der Waals surface area contributed by atoms with Gasteiger partial charge in [-0.25, -0.2) is 9.59 Å². The van der Waals surface area contributed by atoms with Crippen LogP contribution in [0.2, 0.25) is 0 Å². The highest BCUT2D eigenvalue weighted by atomic mass is 32.2. The van der Waals surface area contributed by atoms with Crippen LogP contribution in [-0.4, -0.2) is 36.5 Å². The summed E-state index contributed by atoms with van der Waals surface area (Å²) in [5.41, 5.74) is 1.58. The third-order valence-electron chi connectivity index (χ3n) is 4.20. The first kappa shape index (κ1) is 19.0. The van der Waals surface area contributed by atoms with Crippen LogP contribution in [0.4, 0.5) is 5.69 Å². The van der Waals surface area contributed by atoms with Crippen LogP contribution in [0, 0.1) is 0 Å². The molecule has 0 spiro atoms. The number of amides is 1. The summed E-state index contributed by atoms with van der Waals surface area (Å²) in [4.78, 5) is 38.9. The predicted octanol–water partition coefficient (Wildman–Crippen LogP) is 2.77. The minimum atomic E-state index is -0.938. The molecule has 1 unspecified atom stereocenters. The number of fused-ring (bicyclic) bond motifs is 1. The van der Waals surface area contributed by atoms with Crippen LogP contribution in [0.3, 0.4) is 0 Å². The molecule has 8 heteroatoms. The number of para-hydroxylation sites is 1. The lowest BCUT2D eigenvalue weighted by molar-refractivity contribution is -0.153. The molecule has 1 aromatic rings. The van der Waals surface area contributed by atoms with Crippen LogP contribution in [0.1, 0.15) is 20.8 Å². The lowest BCUT2D eigenvalue weighted by atomic mass is 10.2. The van der Waals surface area contributed by atoms with Gasteiger partial charge in [0.15, 0.2) is 5.70 Å². The Labute approximate surface area is 160 Å². The van der Waals surface area contributed by atoms with E-state index in [1.54, 1.807) is 32.9 Å². The first-order valence-electron chi connectivity index (χ1n) is 8.40. The van der Waals surface area contributed by atoms with Crippen LogP contribution >= 0.6 is 11.8 Å². The number of hydrogen-bond donors (Lipinski definition) is 0. The second kappa shape index (κ2) is 7.87. The van der Waals surface area contributed by atoms with Gasteiger partial charge in [0.25, 0.3) is 6.29 Å². The van der Waals surface area contributed by atoms with Crippen molar-refractivity contribution in [2.45, 2.75) is 32.0 Å². The van der Waals surface area contributed by atoms with Crippen molar-refractivity contribution in [1.29, 1.82) is 0 Å². The molecule has 7 nitrogen and oxygen atoms in total. The molecule has 0 aliphatic carbocycles. The smallest absolute Gasteiger partial charge is 0.358 e. The molecule has 0 fully saturated rings. The number of cyclic esters (lactones) is 1. The number of anilines is 1. The van der Waals surface area contributed by atoms with Crippen molar-refractivity contribution in [3.05, 3.63) is 47.4 Å². The number of benzene rings is 1. The molecular formula is C19H19NO6S. The topological polar surface area (TPSA) is 82.1 Å². The van der Waals surface area contributed by atoms with E-state index in [9.17, 15) is 14.4 Å². The number of nitrogens with zero attached hydrogens (tertiary/aromatic N) is 1. The molecule has 142 valence electrons. The molecule has 27 heavy (non-hydrogen) atoms. The molecule has 3 rings (SSSR count). The van der Waals surface area contributed by atoms with Crippen molar-refractivity contribution >= 4 is 35.3 Å². The third kappa shape index (κ3) is 3.71. The summed E-state index contributed by atoms with van der Waals surface area (Å²) >= 11 is 1.40. The quantitative estimate of drug-likeness (QED) is 0.435. The van der Waals surface area contributed by atoms with E-state index >= 15 is 0 Å². The maximum Gasteiger partial charge on any atom is 0.358 e. The summed E-state index contributed by atoms with van der Waals surface area (Å²) in [7, 11) is 0. The fraction of sp³-hybridized carbons (Fsp3) is 0.316. The number of carbonyl (C=O) groups is 3. The highest BCUT2D eigenvalue weighted by Gasteiger charge is 2.34. The Balaban J connectivity index is 1.96. The molecule has 0 bridgehead atoms. The van der Waals surface area contributed by atoms with E-state index in [-0.39, 0.29) is 24.0 Å². The molecule has 0 aromatic heterocycles. The molecule has 0 saturated carbocycles. The maximum absolute atomic E-state index is 12.6. The van der Waals surface area contributed by atoms with Crippen molar-refractivity contribution < 1.29 is 28.6 Å². The summed E-state index contributed by atoms with van der Waals surface area (Å²) in [6, 6.07) is 7.26. The molecule has 2 heterocycles. The number of rotatable bonds is 5. The normalized spacial score (nSPS) is 19.7. The first-order chi connectivity index (χ1) is 12.9. The Morgan fingerprint density at radius 1 is 1.33 bits per heavy atom. The van der Waals surface area contributed by atoms with Crippen LogP contribution < -0.4 is 4.90 Å². The summed E-state index contributed by atoms with van der Waals surface area (Å²) < 4.78 is 15.8. The van der Waals surface area contributed by atoms with Gasteiger partial charge >= 0.3 is 11.9 Å². The van der Waals surface area contributed by atoms with Crippen molar-refractivity contribution in [2.24, 2.45) is 0 Å². The number of thioether (sulfide) groups is 1. The zero-order chi connectivity index (χ0) is 19.6. The lowest BCUT2D eigenvalue weighted by Crippen LogP contribution is -2.38. The van der Waals surface area contributed by atoms with Gasteiger partial charge in [0.05, 0.1) is 18.0 Å². The number of carbonyl (C=O) groups excluding carboxylic acids is 3. The summed E-state index contributed by atoms with van der Waals surface area (Å²) in [6.45, 7) is 5.16. The largest absolute Gasteiger partial charge is 0.461 e. The molecule has 2 aliphatic rings. The highest BCUT2D eigenvalue weighted by molar-refractivity contribution is 8.00. The fourth-order valence-corrected chi connectivity index (χ4v) is 3.52. The Morgan fingerprint density at radius 3 is 2.74 bits per heavy atom. The van der Waals surface area contributed by atoms with Gasteiger partial charge in [-0.2, -0.15) is 0 Å². The van der Waals surface area contributed by atoms with Gasteiger partial charge in [0, 0.05) is 16.0 Å². The van der Waals surface area contributed by atoms with E-state index in [4.69, 9.17) is 14.2 Å². The SMILES string of the molecule is CCOC(=O)/C(=C/OC1OC(=O)C(C)=C1C)N1C(=O)CSc2ccccc21. The maximum atomic E-state index is 12.6. The third-order valence-corrected chi connectivity index (χ3v) is 5.25. The van der Waals surface area contributed by atoms with Gasteiger partial charge in [-0.15, -0.1) is 11.8 Å². The second-order valence-electron chi connectivity index (χ2n) is 5.89. The molecule has 0 saturated heterocycles. The average molecular weight is 389 g/mol. The van der Waals surface area contributed by atoms with Crippen molar-refractivity contribution in [3.8, 4) is 0 Å². The number of hydrogen-bond acceptors (Lipinski definition) is 7. The lowest BCUT2D eigenvalue weighted by Gasteiger charge is -2.29. The fourth-order valence-electron chi connectivity index (χ4n) is 2.63. The molecule has 1 amide bonds. The Hall–Kier alpha value is -2.74. The van der Waals surface area contributed by atoms with Gasteiger partial charge in [-0.1, -0.05) is 12.1 Å². The van der Waals surface area contributed by atoms with Crippen LogP contribution in [0.15, 0.2) is 52.3 Å². The summed E-state index contributed by atoms with van der Waals surface area (Å²) in [5.74, 6) is -1.26. The van der Waals surface area contributed by atoms with Gasteiger partial charge in [-0.05, 0) is 32.9 Å². The predicted molar refractivity (Wildman–Crippen MR) is 98.7 cm³/mol. The van der Waals surface area contributed by atoms with Gasteiger partial charge < -0.3 is 14.2 Å². The van der Waals surface area contributed by atoms with Crippen molar-refractivity contribution in [1.82, 2.24) is 0 Å². The average Bonchev–Trinajstić information content (AvgIpc) is 2.90. The summed E-state index contributed by atoms with van der Waals surface area (Å²) in [6.07, 6.45) is 0.189. The van der Waals surface area contributed by atoms with E-state index in [0.29, 0.717) is 16.8 Å². The van der Waals surface area contributed by atoms with Gasteiger partial charge in [0.2, 0.25) is 5.91 Å². The van der Waals surface area contributed by atoms with Crippen molar-refractivity contribution in [3.63, 3.8) is 0 Å². The standard InChI is InChI=1S/C19H19NO6S/c1-4-24-18(23)14(9-25-19-12(3)11(2)17(22)26-19)20-13-7-5-6-8-15(13)27-10-16(20)21/h5-9,19H,4,10H2,1-3H3/b14-9-. The van der Waals surface area contributed by atoms with E-state index in [1.165, 1.54) is 16.7 Å². The summed E-state index contributed by atoms with van der Waals surface area (Å²) in [5, 5.41) is 0. The van der Waals surface area contributed by atoms with E-state index < -0.39 is 18.2 Å². The van der Waals surface area contributed by atoms with E-state index in [1.807, 2.05) is 12.1 Å². The van der Waals surface area contributed by atoms with Crippen molar-refractivity contribution in [2.75, 3.05) is 17.3 Å². The number of esters is 2. The molecule has 0 N–H and O–H groups in total. The Kier molecular flexibility index (Phi) is 5.55. The highest BCUT2D eigenvalue weighted by Crippen LogP contribution is 2.37. The van der Waals surface area contributed by atoms with Gasteiger partial charge in [0.1, 0.15) is 6.26 Å². The molecule has 0 radical (unpaired) electrons. The minimum absolute atomic E-state index is 0.0667. The Bertz CT molecular complexity index is 860. The minimum Gasteiger partial charge on any atom is -0.461 e. The number of ether oxygens (including phenoxy) is 3. The Morgan fingerprint density at radius 2 is 2.07 bits per heavy atom. The zero-order valence-corrected chi connectivity index (χ0v) is 16.0. The van der Waals surface area contributed by atoms with E-state index in [2.05, 4.69) is 0 Å². The van der Waals surface area contributed by atoms with Gasteiger partial charge in [-0.3, -0.25) is 9.69 Å². The zero-order valence-electron chi connectivity index (χ0n) is 15.2. The molecule has 2 aliphatic heterocycles.